The topological polar surface area (TPSA) is 47.7 Å². The normalized spacial score (nSPS) is 14.8. The van der Waals surface area contributed by atoms with Crippen LogP contribution in [0.1, 0.15) is 46.0 Å². The van der Waals surface area contributed by atoms with E-state index in [1.807, 2.05) is 0 Å². The largest absolute Gasteiger partial charge is 0.383 e. The highest BCUT2D eigenvalue weighted by molar-refractivity contribution is 4.87. The molecule has 0 amide bonds. The fraction of sp³-hybridized carbons (Fsp3) is 1.00. The van der Waals surface area contributed by atoms with E-state index in [0.717, 1.165) is 32.7 Å². The Morgan fingerprint density at radius 3 is 2.00 bits per heavy atom. The van der Waals surface area contributed by atoms with Crippen molar-refractivity contribution in [3.63, 3.8) is 0 Å². The van der Waals surface area contributed by atoms with Gasteiger partial charge >= 0.3 is 0 Å². The van der Waals surface area contributed by atoms with Crippen molar-refractivity contribution in [3.8, 4) is 0 Å². The van der Waals surface area contributed by atoms with E-state index in [4.69, 9.17) is 15.2 Å². The molecule has 19 heavy (non-hydrogen) atoms. The van der Waals surface area contributed by atoms with Crippen LogP contribution in [0, 0.1) is 0 Å². The summed E-state index contributed by atoms with van der Waals surface area (Å²) >= 11 is 0. The first-order valence-corrected chi connectivity index (χ1v) is 7.57. The molecule has 4 heteroatoms. The third-order valence-corrected chi connectivity index (χ3v) is 3.90. The van der Waals surface area contributed by atoms with Crippen LogP contribution in [0.15, 0.2) is 0 Å². The molecule has 0 spiro atoms. The van der Waals surface area contributed by atoms with Crippen molar-refractivity contribution in [2.24, 2.45) is 5.73 Å². The smallest absolute Gasteiger partial charge is 0.0589 e. The van der Waals surface area contributed by atoms with Crippen molar-refractivity contribution in [2.75, 3.05) is 47.1 Å². The summed E-state index contributed by atoms with van der Waals surface area (Å²) in [7, 11) is 3.49. The van der Waals surface area contributed by atoms with Gasteiger partial charge in [-0.2, -0.15) is 0 Å². The second-order valence-corrected chi connectivity index (χ2v) is 5.48. The summed E-state index contributed by atoms with van der Waals surface area (Å²) in [4.78, 5) is 2.42. The minimum atomic E-state index is 0.0603. The molecule has 0 rings (SSSR count). The summed E-state index contributed by atoms with van der Waals surface area (Å²) in [5.41, 5.74) is 6.10. The first-order valence-electron chi connectivity index (χ1n) is 7.57. The van der Waals surface area contributed by atoms with Crippen molar-refractivity contribution in [1.82, 2.24) is 4.90 Å². The van der Waals surface area contributed by atoms with Crippen LogP contribution in [-0.4, -0.2) is 57.5 Å². The van der Waals surface area contributed by atoms with Crippen molar-refractivity contribution >= 4 is 0 Å². The Kier molecular flexibility index (Phi) is 11.6. The number of unbranched alkanes of at least 4 members (excludes halogenated alkanes) is 3. The summed E-state index contributed by atoms with van der Waals surface area (Å²) in [5, 5.41) is 0. The molecule has 0 fully saturated rings. The fourth-order valence-corrected chi connectivity index (χ4v) is 2.38. The molecule has 0 bridgehead atoms. The molecule has 1 unspecified atom stereocenters. The van der Waals surface area contributed by atoms with E-state index >= 15 is 0 Å². The zero-order valence-electron chi connectivity index (χ0n) is 13.4. The molecule has 0 aliphatic carbocycles. The molecule has 0 saturated carbocycles. The van der Waals surface area contributed by atoms with Gasteiger partial charge in [-0.05, 0) is 13.3 Å². The van der Waals surface area contributed by atoms with E-state index in [0.29, 0.717) is 6.54 Å². The maximum Gasteiger partial charge on any atom is 0.0589 e. The van der Waals surface area contributed by atoms with E-state index in [9.17, 15) is 0 Å². The van der Waals surface area contributed by atoms with Gasteiger partial charge in [-0.3, -0.25) is 4.90 Å². The van der Waals surface area contributed by atoms with Gasteiger partial charge in [-0.25, -0.2) is 0 Å². The summed E-state index contributed by atoms with van der Waals surface area (Å²) in [6.45, 7) is 8.52. The lowest BCUT2D eigenvalue weighted by Gasteiger charge is -2.41. The summed E-state index contributed by atoms with van der Waals surface area (Å²) in [6.07, 6.45) is 6.29. The molecule has 0 aliphatic rings. The van der Waals surface area contributed by atoms with Gasteiger partial charge in [0.25, 0.3) is 0 Å². The number of nitrogens with zero attached hydrogens (tertiary/aromatic N) is 1. The molecule has 0 heterocycles. The van der Waals surface area contributed by atoms with Crippen molar-refractivity contribution in [3.05, 3.63) is 0 Å². The first-order chi connectivity index (χ1) is 9.14. The lowest BCUT2D eigenvalue weighted by atomic mass is 9.92. The molecule has 116 valence electrons. The molecular weight excluding hydrogens is 240 g/mol. The van der Waals surface area contributed by atoms with E-state index in [1.165, 1.54) is 25.7 Å². The number of methoxy groups -OCH3 is 2. The van der Waals surface area contributed by atoms with Crippen LogP contribution >= 0.6 is 0 Å². The summed E-state index contributed by atoms with van der Waals surface area (Å²) < 4.78 is 10.4. The van der Waals surface area contributed by atoms with E-state index in [-0.39, 0.29) is 5.54 Å². The van der Waals surface area contributed by atoms with Crippen LogP contribution in [0.3, 0.4) is 0 Å². The van der Waals surface area contributed by atoms with E-state index < -0.39 is 0 Å². The maximum absolute atomic E-state index is 6.04. The number of hydrogen-bond donors (Lipinski definition) is 1. The van der Waals surface area contributed by atoms with Crippen molar-refractivity contribution in [1.29, 1.82) is 0 Å². The standard InChI is InChI=1S/C15H34N2O2/c1-5-6-7-8-9-15(2,14-16)17(10-12-18-3)11-13-19-4/h5-14,16H2,1-4H3. The third-order valence-electron chi connectivity index (χ3n) is 3.90. The van der Waals surface area contributed by atoms with Gasteiger partial charge in [0.15, 0.2) is 0 Å². The van der Waals surface area contributed by atoms with Crippen LogP contribution < -0.4 is 5.73 Å². The Labute approximate surface area is 119 Å². The molecule has 2 N–H and O–H groups in total. The predicted molar refractivity (Wildman–Crippen MR) is 81.5 cm³/mol. The van der Waals surface area contributed by atoms with Crippen LogP contribution in [0.5, 0.6) is 0 Å². The Balaban J connectivity index is 4.38. The van der Waals surface area contributed by atoms with Gasteiger partial charge in [0.1, 0.15) is 0 Å². The van der Waals surface area contributed by atoms with Gasteiger partial charge in [0.05, 0.1) is 13.2 Å². The highest BCUT2D eigenvalue weighted by atomic mass is 16.5. The quantitative estimate of drug-likeness (QED) is 0.523. The number of hydrogen-bond acceptors (Lipinski definition) is 4. The average molecular weight is 274 g/mol. The highest BCUT2D eigenvalue weighted by Crippen LogP contribution is 2.21. The molecule has 4 nitrogen and oxygen atoms in total. The first kappa shape index (κ1) is 18.8. The van der Waals surface area contributed by atoms with E-state index in [2.05, 4.69) is 18.7 Å². The van der Waals surface area contributed by atoms with E-state index in [1.54, 1.807) is 14.2 Å². The summed E-state index contributed by atoms with van der Waals surface area (Å²) in [6, 6.07) is 0. The lowest BCUT2D eigenvalue weighted by molar-refractivity contribution is 0.0402. The second kappa shape index (κ2) is 11.6. The molecule has 0 aromatic heterocycles. The monoisotopic (exact) mass is 274 g/mol. The molecule has 0 aromatic rings. The van der Waals surface area contributed by atoms with Crippen LogP contribution in [0.2, 0.25) is 0 Å². The van der Waals surface area contributed by atoms with Gasteiger partial charge in [-0.15, -0.1) is 0 Å². The third kappa shape index (κ3) is 7.88. The molecule has 0 radical (unpaired) electrons. The Hall–Kier alpha value is -0.160. The molecule has 0 saturated heterocycles. The van der Waals surface area contributed by atoms with Crippen molar-refractivity contribution < 1.29 is 9.47 Å². The predicted octanol–water partition coefficient (Wildman–Crippen LogP) is 2.27. The zero-order valence-corrected chi connectivity index (χ0v) is 13.4. The van der Waals surface area contributed by atoms with Crippen LogP contribution in [-0.2, 0) is 9.47 Å². The van der Waals surface area contributed by atoms with Gasteiger partial charge in [0.2, 0.25) is 0 Å². The number of nitrogens with two attached hydrogens (primary N) is 1. The summed E-state index contributed by atoms with van der Waals surface area (Å²) in [5.74, 6) is 0. The Morgan fingerprint density at radius 2 is 1.58 bits per heavy atom. The molecule has 1 atom stereocenters. The van der Waals surface area contributed by atoms with Gasteiger partial charge in [-0.1, -0.05) is 32.6 Å². The fourth-order valence-electron chi connectivity index (χ4n) is 2.38. The SMILES string of the molecule is CCCCCCC(C)(CN)N(CCOC)CCOC. The molecular formula is C15H34N2O2. The molecule has 0 aromatic carbocycles. The Morgan fingerprint density at radius 1 is 1.00 bits per heavy atom. The molecule has 0 aliphatic heterocycles. The maximum atomic E-state index is 6.04. The van der Waals surface area contributed by atoms with Crippen LogP contribution in [0.4, 0.5) is 0 Å². The number of rotatable bonds is 13. The van der Waals surface area contributed by atoms with Gasteiger partial charge < -0.3 is 15.2 Å². The van der Waals surface area contributed by atoms with Gasteiger partial charge in [0, 0.05) is 39.4 Å². The highest BCUT2D eigenvalue weighted by Gasteiger charge is 2.29. The number of ether oxygens (including phenoxy) is 2. The second-order valence-electron chi connectivity index (χ2n) is 5.48. The zero-order chi connectivity index (χ0) is 14.6. The lowest BCUT2D eigenvalue weighted by Crippen LogP contribution is -2.53. The Bertz CT molecular complexity index is 195. The van der Waals surface area contributed by atoms with Crippen molar-refractivity contribution in [2.45, 2.75) is 51.5 Å². The van der Waals surface area contributed by atoms with Crippen LogP contribution in [0.25, 0.3) is 0 Å². The minimum absolute atomic E-state index is 0.0603. The average Bonchev–Trinajstić information content (AvgIpc) is 2.43. The minimum Gasteiger partial charge on any atom is -0.383 e.